The van der Waals surface area contributed by atoms with Crippen LogP contribution in [-0.2, 0) is 6.18 Å². The van der Waals surface area contributed by atoms with Crippen molar-refractivity contribution in [2.45, 2.75) is 13.1 Å². The number of nitrogen functional groups attached to an aromatic ring is 1. The van der Waals surface area contributed by atoms with Gasteiger partial charge < -0.3 is 10.8 Å². The van der Waals surface area contributed by atoms with Gasteiger partial charge in [0.25, 0.3) is 0 Å². The molecule has 0 aliphatic carbocycles. The molecular formula is C15H13ClF4N2O2. The Morgan fingerprint density at radius 1 is 1.29 bits per heavy atom. The Morgan fingerprint density at radius 2 is 1.88 bits per heavy atom. The predicted octanol–water partition coefficient (Wildman–Crippen LogP) is 3.87. The molecule has 1 aromatic carbocycles. The highest BCUT2D eigenvalue weighted by molar-refractivity contribution is 6.35. The monoisotopic (exact) mass is 364 g/mol. The Morgan fingerprint density at radius 3 is 2.33 bits per heavy atom. The van der Waals surface area contributed by atoms with E-state index >= 15 is 0 Å². The number of anilines is 1. The third-order valence-electron chi connectivity index (χ3n) is 3.11. The fourth-order valence-electron chi connectivity index (χ4n) is 1.93. The molecule has 0 atom stereocenters. The van der Waals surface area contributed by atoms with Crippen LogP contribution in [0.2, 0.25) is 5.02 Å². The third kappa shape index (κ3) is 3.82. The molecule has 9 heteroatoms. The van der Waals surface area contributed by atoms with E-state index in [9.17, 15) is 22.4 Å². The standard InChI is InChI=1S/C14H9ClF4N2O.CH4O/c1-6-12(20)11(15)10(5-22)21-13(6)7-2-3-8(9(16)4-7)14(17,18)19;1-2/h2-5H,1H3,(H2,20,21);2H,1H3. The number of aliphatic hydroxyl groups excluding tert-OH is 1. The van der Waals surface area contributed by atoms with Crippen LogP contribution in [0, 0.1) is 12.7 Å². The molecule has 1 heterocycles. The summed E-state index contributed by atoms with van der Waals surface area (Å²) in [5.74, 6) is -1.44. The van der Waals surface area contributed by atoms with Gasteiger partial charge in [0.15, 0.2) is 6.29 Å². The second-order valence-electron chi connectivity index (χ2n) is 4.51. The van der Waals surface area contributed by atoms with Crippen LogP contribution >= 0.6 is 11.6 Å². The summed E-state index contributed by atoms with van der Waals surface area (Å²) in [5, 5.41) is 6.95. The molecule has 0 saturated heterocycles. The van der Waals surface area contributed by atoms with Gasteiger partial charge in [0.05, 0.1) is 22.0 Å². The van der Waals surface area contributed by atoms with Crippen molar-refractivity contribution in [2.75, 3.05) is 12.8 Å². The van der Waals surface area contributed by atoms with Gasteiger partial charge in [-0.25, -0.2) is 9.37 Å². The van der Waals surface area contributed by atoms with E-state index in [4.69, 9.17) is 22.4 Å². The molecule has 130 valence electrons. The topological polar surface area (TPSA) is 76.2 Å². The van der Waals surface area contributed by atoms with Crippen molar-refractivity contribution in [1.82, 2.24) is 4.98 Å². The normalized spacial score (nSPS) is 10.8. The first-order valence-corrected chi connectivity index (χ1v) is 6.77. The Balaban J connectivity index is 0.00000139. The van der Waals surface area contributed by atoms with E-state index in [1.807, 2.05) is 0 Å². The average Bonchev–Trinajstić information content (AvgIpc) is 2.53. The fourth-order valence-corrected chi connectivity index (χ4v) is 2.16. The lowest BCUT2D eigenvalue weighted by Gasteiger charge is -2.13. The van der Waals surface area contributed by atoms with Crippen LogP contribution in [0.25, 0.3) is 11.3 Å². The minimum absolute atomic E-state index is 0.0522. The van der Waals surface area contributed by atoms with Crippen LogP contribution in [-0.4, -0.2) is 23.5 Å². The molecule has 0 spiro atoms. The lowest BCUT2D eigenvalue weighted by atomic mass is 10.0. The van der Waals surface area contributed by atoms with Crippen molar-refractivity contribution in [3.63, 3.8) is 0 Å². The summed E-state index contributed by atoms with van der Waals surface area (Å²) in [6.07, 6.45) is -4.43. The molecule has 1 aromatic heterocycles. The lowest BCUT2D eigenvalue weighted by molar-refractivity contribution is -0.139. The number of benzene rings is 1. The van der Waals surface area contributed by atoms with E-state index in [1.54, 1.807) is 0 Å². The smallest absolute Gasteiger partial charge is 0.400 e. The van der Waals surface area contributed by atoms with Gasteiger partial charge in [-0.3, -0.25) is 4.79 Å². The lowest BCUT2D eigenvalue weighted by Crippen LogP contribution is -2.08. The van der Waals surface area contributed by atoms with Crippen molar-refractivity contribution in [2.24, 2.45) is 0 Å². The first kappa shape index (κ1) is 19.9. The summed E-state index contributed by atoms with van der Waals surface area (Å²) in [7, 11) is 1.00. The van der Waals surface area contributed by atoms with Gasteiger partial charge in [-0.2, -0.15) is 13.2 Å². The number of aliphatic hydroxyl groups is 1. The zero-order valence-electron chi connectivity index (χ0n) is 12.6. The molecule has 2 aromatic rings. The van der Waals surface area contributed by atoms with Gasteiger partial charge in [0.2, 0.25) is 0 Å². The highest BCUT2D eigenvalue weighted by atomic mass is 35.5. The van der Waals surface area contributed by atoms with E-state index < -0.39 is 17.6 Å². The molecule has 3 N–H and O–H groups in total. The average molecular weight is 365 g/mol. The second kappa shape index (κ2) is 7.59. The number of pyridine rings is 1. The molecule has 2 rings (SSSR count). The van der Waals surface area contributed by atoms with Gasteiger partial charge in [-0.1, -0.05) is 17.7 Å². The van der Waals surface area contributed by atoms with Crippen molar-refractivity contribution in [3.8, 4) is 11.3 Å². The number of nitrogens with zero attached hydrogens (tertiary/aromatic N) is 1. The summed E-state index contributed by atoms with van der Waals surface area (Å²) < 4.78 is 51.3. The van der Waals surface area contributed by atoms with E-state index in [2.05, 4.69) is 4.98 Å². The highest BCUT2D eigenvalue weighted by Crippen LogP contribution is 2.36. The number of alkyl halides is 3. The summed E-state index contributed by atoms with van der Waals surface area (Å²) >= 11 is 5.83. The maximum atomic E-state index is 13.7. The van der Waals surface area contributed by atoms with E-state index in [-0.39, 0.29) is 27.7 Å². The van der Waals surface area contributed by atoms with E-state index in [0.29, 0.717) is 24.0 Å². The van der Waals surface area contributed by atoms with Crippen molar-refractivity contribution in [1.29, 1.82) is 0 Å². The van der Waals surface area contributed by atoms with Gasteiger partial charge in [0, 0.05) is 12.7 Å². The SMILES string of the molecule is CO.Cc1c(-c2ccc(C(F)(F)F)c(F)c2)nc(C=O)c(Cl)c1N. The predicted molar refractivity (Wildman–Crippen MR) is 82.3 cm³/mol. The van der Waals surface area contributed by atoms with Crippen LogP contribution in [0.5, 0.6) is 0 Å². The molecule has 0 radical (unpaired) electrons. The first-order valence-electron chi connectivity index (χ1n) is 6.39. The molecule has 0 fully saturated rings. The fraction of sp³-hybridized carbons (Fsp3) is 0.200. The molecular weight excluding hydrogens is 352 g/mol. The Labute approximate surface area is 139 Å². The maximum Gasteiger partial charge on any atom is 0.419 e. The number of rotatable bonds is 2. The number of nitrogens with two attached hydrogens (primary N) is 1. The van der Waals surface area contributed by atoms with Crippen LogP contribution in [0.4, 0.5) is 23.2 Å². The molecule has 0 unspecified atom stereocenters. The van der Waals surface area contributed by atoms with Crippen LogP contribution < -0.4 is 5.73 Å². The summed E-state index contributed by atoms with van der Waals surface area (Å²) in [6.45, 7) is 1.52. The molecule has 0 aliphatic rings. The Hall–Kier alpha value is -2.19. The van der Waals surface area contributed by atoms with Gasteiger partial charge >= 0.3 is 6.18 Å². The minimum atomic E-state index is -4.79. The van der Waals surface area contributed by atoms with Crippen LogP contribution in [0.15, 0.2) is 18.2 Å². The van der Waals surface area contributed by atoms with Crippen LogP contribution in [0.1, 0.15) is 21.6 Å². The number of carbonyl (C=O) groups is 1. The summed E-state index contributed by atoms with van der Waals surface area (Å²) in [6, 6.07) is 2.36. The van der Waals surface area contributed by atoms with Crippen molar-refractivity contribution in [3.05, 3.63) is 45.9 Å². The minimum Gasteiger partial charge on any atom is -0.400 e. The van der Waals surface area contributed by atoms with E-state index in [1.165, 1.54) is 6.92 Å². The molecule has 4 nitrogen and oxygen atoms in total. The number of aromatic nitrogens is 1. The van der Waals surface area contributed by atoms with Gasteiger partial charge in [-0.05, 0) is 24.6 Å². The zero-order valence-corrected chi connectivity index (χ0v) is 13.3. The Bertz CT molecular complexity index is 764. The second-order valence-corrected chi connectivity index (χ2v) is 4.89. The number of hydrogen-bond acceptors (Lipinski definition) is 4. The molecule has 24 heavy (non-hydrogen) atoms. The number of carbonyl (C=O) groups excluding carboxylic acids is 1. The summed E-state index contributed by atoms with van der Waals surface area (Å²) in [4.78, 5) is 14.8. The van der Waals surface area contributed by atoms with Crippen molar-refractivity contribution >= 4 is 23.6 Å². The highest BCUT2D eigenvalue weighted by Gasteiger charge is 2.34. The van der Waals surface area contributed by atoms with Crippen molar-refractivity contribution < 1.29 is 27.5 Å². The molecule has 0 saturated carbocycles. The van der Waals surface area contributed by atoms with Gasteiger partial charge in [0.1, 0.15) is 11.5 Å². The molecule has 0 bridgehead atoms. The summed E-state index contributed by atoms with van der Waals surface area (Å²) in [5.41, 5.74) is 4.74. The molecule has 0 aliphatic heterocycles. The number of hydrogen-bond donors (Lipinski definition) is 2. The van der Waals surface area contributed by atoms with E-state index in [0.717, 1.165) is 13.2 Å². The molecule has 0 amide bonds. The largest absolute Gasteiger partial charge is 0.419 e. The maximum absolute atomic E-state index is 13.7. The van der Waals surface area contributed by atoms with Crippen LogP contribution in [0.3, 0.4) is 0 Å². The Kier molecular flexibility index (Phi) is 6.28. The van der Waals surface area contributed by atoms with Gasteiger partial charge in [-0.15, -0.1) is 0 Å². The third-order valence-corrected chi connectivity index (χ3v) is 3.51. The number of halogens is 5. The quantitative estimate of drug-likeness (QED) is 0.626. The first-order chi connectivity index (χ1) is 11.2. The zero-order chi connectivity index (χ0) is 18.7. The number of aldehydes is 1.